The van der Waals surface area contributed by atoms with Gasteiger partial charge in [0.1, 0.15) is 17.2 Å². The molecule has 1 aliphatic rings. The third kappa shape index (κ3) is 3.65. The van der Waals surface area contributed by atoms with Crippen LogP contribution >= 0.6 is 0 Å². The van der Waals surface area contributed by atoms with Crippen LogP contribution in [0.5, 0.6) is 0 Å². The maximum Gasteiger partial charge on any atom is 0.247 e. The predicted molar refractivity (Wildman–Crippen MR) is 94.2 cm³/mol. The van der Waals surface area contributed by atoms with Gasteiger partial charge in [0, 0.05) is 19.2 Å². The van der Waals surface area contributed by atoms with Gasteiger partial charge < -0.3 is 9.84 Å². The Kier molecular flexibility index (Phi) is 5.15. The van der Waals surface area contributed by atoms with E-state index in [0.29, 0.717) is 36.1 Å². The molecule has 1 N–H and O–H groups in total. The van der Waals surface area contributed by atoms with Gasteiger partial charge in [0.05, 0.1) is 11.4 Å². The quantitative estimate of drug-likeness (QED) is 0.842. The minimum atomic E-state index is -3.60. The molecule has 1 amide bonds. The lowest BCUT2D eigenvalue weighted by molar-refractivity contribution is -0.117. The van der Waals surface area contributed by atoms with E-state index in [1.54, 1.807) is 26.8 Å². The van der Waals surface area contributed by atoms with Crippen molar-refractivity contribution >= 4 is 21.7 Å². The number of nitrogens with zero attached hydrogens (tertiary/aromatic N) is 4. The molecule has 0 bridgehead atoms. The Balaban J connectivity index is 1.80. The Bertz CT molecular complexity index is 909. The Hall–Kier alpha value is -2.20. The predicted octanol–water partition coefficient (Wildman–Crippen LogP) is 1.61. The van der Waals surface area contributed by atoms with Crippen molar-refractivity contribution < 1.29 is 17.7 Å². The summed E-state index contributed by atoms with van der Waals surface area (Å²) >= 11 is 0. The highest BCUT2D eigenvalue weighted by atomic mass is 32.2. The van der Waals surface area contributed by atoms with Gasteiger partial charge in [-0.15, -0.1) is 0 Å². The zero-order valence-corrected chi connectivity index (χ0v) is 16.0. The van der Waals surface area contributed by atoms with Crippen molar-refractivity contribution in [2.24, 2.45) is 0 Å². The molecule has 1 saturated heterocycles. The fourth-order valence-corrected chi connectivity index (χ4v) is 5.08. The smallest absolute Gasteiger partial charge is 0.247 e. The van der Waals surface area contributed by atoms with Crippen LogP contribution in [0.3, 0.4) is 0 Å². The van der Waals surface area contributed by atoms with Crippen molar-refractivity contribution in [2.75, 3.05) is 18.4 Å². The van der Waals surface area contributed by atoms with Crippen LogP contribution in [0.2, 0.25) is 0 Å². The van der Waals surface area contributed by atoms with Gasteiger partial charge in [0.25, 0.3) is 0 Å². The van der Waals surface area contributed by atoms with Crippen molar-refractivity contribution in [3.63, 3.8) is 0 Å². The van der Waals surface area contributed by atoms with Gasteiger partial charge in [0.2, 0.25) is 15.9 Å². The first kappa shape index (κ1) is 18.6. The fraction of sp³-hybridized carbons (Fsp3) is 0.562. The molecule has 0 unspecified atom stereocenters. The van der Waals surface area contributed by atoms with Crippen molar-refractivity contribution in [3.05, 3.63) is 23.2 Å². The number of nitrogens with one attached hydrogen (secondary N) is 1. The number of piperidine rings is 1. The van der Waals surface area contributed by atoms with Crippen molar-refractivity contribution in [1.29, 1.82) is 0 Å². The lowest BCUT2D eigenvalue weighted by Gasteiger charge is -2.25. The van der Waals surface area contributed by atoms with E-state index in [9.17, 15) is 13.2 Å². The average Bonchev–Trinajstić information content (AvgIpc) is 3.11. The molecule has 142 valence electrons. The van der Waals surface area contributed by atoms with Crippen LogP contribution < -0.4 is 5.32 Å². The molecular formula is C16H23N5O4S. The van der Waals surface area contributed by atoms with Crippen LogP contribution in [0, 0.1) is 20.8 Å². The van der Waals surface area contributed by atoms with Crippen LogP contribution in [-0.4, -0.2) is 46.7 Å². The molecule has 0 aliphatic carbocycles. The molecule has 0 spiro atoms. The SMILES string of the molecule is Cc1cc(NC(=O)Cn2nc(C)c(S(=O)(=O)N3CCCCC3)c2C)no1. The molecule has 0 aromatic carbocycles. The van der Waals surface area contributed by atoms with Gasteiger partial charge >= 0.3 is 0 Å². The first-order valence-electron chi connectivity index (χ1n) is 8.56. The number of carbonyl (C=O) groups is 1. The third-order valence-corrected chi connectivity index (χ3v) is 6.57. The first-order chi connectivity index (χ1) is 12.3. The molecule has 3 heterocycles. The van der Waals surface area contributed by atoms with E-state index in [-0.39, 0.29) is 17.3 Å². The number of aryl methyl sites for hydroxylation is 2. The molecule has 9 nitrogen and oxygen atoms in total. The minimum absolute atomic E-state index is 0.103. The summed E-state index contributed by atoms with van der Waals surface area (Å²) in [5, 5.41) is 10.6. The number of aromatic nitrogens is 3. The van der Waals surface area contributed by atoms with Gasteiger partial charge in [-0.2, -0.15) is 9.40 Å². The number of hydrogen-bond acceptors (Lipinski definition) is 6. The number of sulfonamides is 1. The zero-order valence-electron chi connectivity index (χ0n) is 15.2. The molecule has 10 heteroatoms. The largest absolute Gasteiger partial charge is 0.360 e. The second-order valence-corrected chi connectivity index (χ2v) is 8.37. The minimum Gasteiger partial charge on any atom is -0.360 e. The van der Waals surface area contributed by atoms with Gasteiger partial charge in [-0.05, 0) is 33.6 Å². The van der Waals surface area contributed by atoms with Gasteiger partial charge in [-0.3, -0.25) is 9.48 Å². The number of carbonyl (C=O) groups excluding carboxylic acids is 1. The third-order valence-electron chi connectivity index (χ3n) is 4.42. The highest BCUT2D eigenvalue weighted by molar-refractivity contribution is 7.89. The number of anilines is 1. The van der Waals surface area contributed by atoms with Crippen molar-refractivity contribution in [3.8, 4) is 0 Å². The Morgan fingerprint density at radius 3 is 2.54 bits per heavy atom. The molecule has 1 aliphatic heterocycles. The second kappa shape index (κ2) is 7.20. The molecular weight excluding hydrogens is 358 g/mol. The van der Waals surface area contributed by atoms with Crippen molar-refractivity contribution in [2.45, 2.75) is 51.5 Å². The van der Waals surface area contributed by atoms with E-state index < -0.39 is 10.0 Å². The summed E-state index contributed by atoms with van der Waals surface area (Å²) in [6, 6.07) is 1.60. The lowest BCUT2D eigenvalue weighted by Crippen LogP contribution is -2.36. The Morgan fingerprint density at radius 1 is 1.23 bits per heavy atom. The molecule has 26 heavy (non-hydrogen) atoms. The monoisotopic (exact) mass is 381 g/mol. The van der Waals surface area contributed by atoms with Gasteiger partial charge in [-0.1, -0.05) is 11.6 Å². The van der Waals surface area contributed by atoms with Crippen LogP contribution in [0.1, 0.15) is 36.4 Å². The maximum atomic E-state index is 13.0. The van der Waals surface area contributed by atoms with E-state index in [0.717, 1.165) is 19.3 Å². The maximum absolute atomic E-state index is 13.0. The molecule has 3 rings (SSSR count). The number of hydrogen-bond donors (Lipinski definition) is 1. The summed E-state index contributed by atoms with van der Waals surface area (Å²) in [4.78, 5) is 12.4. The highest BCUT2D eigenvalue weighted by Crippen LogP contribution is 2.26. The summed E-state index contributed by atoms with van der Waals surface area (Å²) in [5.41, 5.74) is 0.859. The molecule has 0 atom stereocenters. The molecule has 1 fully saturated rings. The summed E-state index contributed by atoms with van der Waals surface area (Å²) in [6.07, 6.45) is 2.78. The van der Waals surface area contributed by atoms with Crippen LogP contribution in [0.25, 0.3) is 0 Å². The summed E-state index contributed by atoms with van der Waals surface area (Å²) in [6.45, 7) is 6.00. The lowest BCUT2D eigenvalue weighted by atomic mass is 10.2. The average molecular weight is 381 g/mol. The van der Waals surface area contributed by atoms with Crippen LogP contribution in [-0.2, 0) is 21.4 Å². The van der Waals surface area contributed by atoms with Gasteiger partial charge in [0.15, 0.2) is 5.82 Å². The Labute approximate surface area is 152 Å². The van der Waals surface area contributed by atoms with E-state index in [1.807, 2.05) is 0 Å². The summed E-state index contributed by atoms with van der Waals surface area (Å²) < 4.78 is 33.8. The van der Waals surface area contributed by atoms with Crippen molar-refractivity contribution in [1.82, 2.24) is 19.2 Å². The van der Waals surface area contributed by atoms with E-state index in [4.69, 9.17) is 4.52 Å². The highest BCUT2D eigenvalue weighted by Gasteiger charge is 2.32. The molecule has 0 radical (unpaired) electrons. The molecule has 2 aromatic rings. The van der Waals surface area contributed by atoms with E-state index in [2.05, 4.69) is 15.6 Å². The first-order valence-corrected chi connectivity index (χ1v) is 10.0. The van der Waals surface area contributed by atoms with E-state index in [1.165, 1.54) is 8.99 Å². The normalized spacial score (nSPS) is 16.0. The zero-order chi connectivity index (χ0) is 18.9. The fourth-order valence-electron chi connectivity index (χ4n) is 3.19. The van der Waals surface area contributed by atoms with Crippen LogP contribution in [0.15, 0.2) is 15.5 Å². The number of rotatable bonds is 5. The summed E-state index contributed by atoms with van der Waals surface area (Å²) in [7, 11) is -3.60. The topological polar surface area (TPSA) is 110 Å². The van der Waals surface area contributed by atoms with Crippen LogP contribution in [0.4, 0.5) is 5.82 Å². The van der Waals surface area contributed by atoms with Gasteiger partial charge in [-0.25, -0.2) is 8.42 Å². The number of amides is 1. The summed E-state index contributed by atoms with van der Waals surface area (Å²) in [5.74, 6) is 0.544. The molecule has 0 saturated carbocycles. The Morgan fingerprint density at radius 2 is 1.92 bits per heavy atom. The second-order valence-electron chi connectivity index (χ2n) is 6.49. The molecule has 2 aromatic heterocycles. The standard InChI is InChI=1S/C16H23N5O4S/c1-11-9-14(19-25-11)17-15(22)10-21-13(3)16(12(2)18-21)26(23,24)20-7-5-4-6-8-20/h9H,4-8,10H2,1-3H3,(H,17,19,22). The van der Waals surface area contributed by atoms with E-state index >= 15 is 0 Å².